The Labute approximate surface area is 205 Å². The van der Waals surface area contributed by atoms with E-state index in [4.69, 9.17) is 9.47 Å². The summed E-state index contributed by atoms with van der Waals surface area (Å²) in [5, 5.41) is 12.0. The Morgan fingerprint density at radius 3 is 2.06 bits per heavy atom. The number of carboxylic acids is 1. The number of hydrogen-bond donors (Lipinski definition) is 3. The van der Waals surface area contributed by atoms with Crippen LogP contribution in [0.5, 0.6) is 0 Å². The highest BCUT2D eigenvalue weighted by Crippen LogP contribution is 2.44. The molecule has 0 saturated carbocycles. The molecule has 2 aromatic carbocycles. The van der Waals surface area contributed by atoms with Crippen LogP contribution in [0.2, 0.25) is 0 Å². The van der Waals surface area contributed by atoms with Gasteiger partial charge < -0.3 is 14.6 Å². The van der Waals surface area contributed by atoms with Crippen LogP contribution in [0.3, 0.4) is 0 Å². The summed E-state index contributed by atoms with van der Waals surface area (Å²) in [5.74, 6) is -1.77. The third-order valence-corrected chi connectivity index (χ3v) is 6.12. The maximum Gasteiger partial charge on any atom is 0.408 e. The number of aliphatic carboxylic acids is 1. The van der Waals surface area contributed by atoms with Crippen LogP contribution in [0.4, 0.5) is 4.79 Å². The first-order valence-corrected chi connectivity index (χ1v) is 11.8. The molecule has 0 fully saturated rings. The van der Waals surface area contributed by atoms with Crippen LogP contribution >= 0.6 is 12.6 Å². The first kappa shape index (κ1) is 25.6. The minimum Gasteiger partial charge on any atom is -0.479 e. The fourth-order valence-corrected chi connectivity index (χ4v) is 4.32. The SMILES string of the molecule is CC(C)(C)OC(=O)CCCC[C@](S)(NC(=O)OCC1c2ccccc2-c2ccccc21)C(=O)O. The number of rotatable bonds is 9. The first-order chi connectivity index (χ1) is 16.0. The Hall–Kier alpha value is -3.00. The van der Waals surface area contributed by atoms with Gasteiger partial charge in [0.2, 0.25) is 0 Å². The second-order valence-corrected chi connectivity index (χ2v) is 10.2. The van der Waals surface area contributed by atoms with Crippen molar-refractivity contribution in [2.75, 3.05) is 6.61 Å². The number of ether oxygens (including phenoxy) is 2. The Morgan fingerprint density at radius 1 is 0.971 bits per heavy atom. The molecule has 2 aromatic rings. The van der Waals surface area contributed by atoms with Crippen LogP contribution in [-0.4, -0.2) is 40.2 Å². The van der Waals surface area contributed by atoms with E-state index in [1.807, 2.05) is 48.5 Å². The van der Waals surface area contributed by atoms with Crippen molar-refractivity contribution in [3.05, 3.63) is 59.7 Å². The van der Waals surface area contributed by atoms with Gasteiger partial charge in [-0.15, -0.1) is 12.6 Å². The van der Waals surface area contributed by atoms with E-state index < -0.39 is 22.5 Å². The minimum absolute atomic E-state index is 0.0262. The predicted molar refractivity (Wildman–Crippen MR) is 132 cm³/mol. The zero-order chi connectivity index (χ0) is 24.9. The molecule has 1 aliphatic carbocycles. The van der Waals surface area contributed by atoms with Gasteiger partial charge in [-0.3, -0.25) is 10.1 Å². The Kier molecular flexibility index (Phi) is 7.92. The molecule has 0 saturated heterocycles. The van der Waals surface area contributed by atoms with Crippen molar-refractivity contribution >= 4 is 30.7 Å². The highest BCUT2D eigenvalue weighted by molar-refractivity contribution is 7.82. The van der Waals surface area contributed by atoms with E-state index in [1.165, 1.54) is 0 Å². The van der Waals surface area contributed by atoms with Gasteiger partial charge in [-0.1, -0.05) is 48.5 Å². The largest absolute Gasteiger partial charge is 0.479 e. The summed E-state index contributed by atoms with van der Waals surface area (Å²) in [6.45, 7) is 5.42. The summed E-state index contributed by atoms with van der Waals surface area (Å²) in [5.41, 5.74) is 3.76. The van der Waals surface area contributed by atoms with Crippen LogP contribution in [0.15, 0.2) is 48.5 Å². The number of carbonyl (C=O) groups excluding carboxylic acids is 2. The number of nitrogens with one attached hydrogen (secondary N) is 1. The van der Waals surface area contributed by atoms with E-state index >= 15 is 0 Å². The third-order valence-electron chi connectivity index (χ3n) is 5.60. The summed E-state index contributed by atoms with van der Waals surface area (Å²) in [6.07, 6.45) is 0.103. The summed E-state index contributed by atoms with van der Waals surface area (Å²) in [6, 6.07) is 15.9. The first-order valence-electron chi connectivity index (χ1n) is 11.3. The van der Waals surface area contributed by atoms with Crippen molar-refractivity contribution < 1.29 is 29.0 Å². The smallest absolute Gasteiger partial charge is 0.408 e. The van der Waals surface area contributed by atoms with Gasteiger partial charge in [0.25, 0.3) is 0 Å². The molecule has 0 bridgehead atoms. The maximum absolute atomic E-state index is 12.5. The number of carbonyl (C=O) groups is 3. The van der Waals surface area contributed by atoms with Gasteiger partial charge in [-0.05, 0) is 62.3 Å². The van der Waals surface area contributed by atoms with Crippen LogP contribution < -0.4 is 5.32 Å². The van der Waals surface area contributed by atoms with Crippen molar-refractivity contribution in [2.24, 2.45) is 0 Å². The molecule has 3 rings (SSSR count). The van der Waals surface area contributed by atoms with Crippen LogP contribution in [0.25, 0.3) is 11.1 Å². The molecule has 182 valence electrons. The molecule has 1 aliphatic rings. The molecule has 0 spiro atoms. The lowest BCUT2D eigenvalue weighted by Gasteiger charge is -2.25. The van der Waals surface area contributed by atoms with Gasteiger partial charge in [0.05, 0.1) is 0 Å². The van der Waals surface area contributed by atoms with Crippen molar-refractivity contribution in [2.45, 2.75) is 62.8 Å². The van der Waals surface area contributed by atoms with Crippen molar-refractivity contribution in [3.63, 3.8) is 0 Å². The predicted octanol–water partition coefficient (Wildman–Crippen LogP) is 5.14. The van der Waals surface area contributed by atoms with Crippen LogP contribution in [0, 0.1) is 0 Å². The molecule has 1 atom stereocenters. The molecular weight excluding hydrogens is 454 g/mol. The Bertz CT molecular complexity index is 1020. The van der Waals surface area contributed by atoms with E-state index in [9.17, 15) is 19.5 Å². The minimum atomic E-state index is -1.81. The average Bonchev–Trinajstić information content (AvgIpc) is 3.08. The normalized spacial score (nSPS) is 14.5. The number of hydrogen-bond acceptors (Lipinski definition) is 6. The van der Waals surface area contributed by atoms with Gasteiger partial charge >= 0.3 is 18.0 Å². The lowest BCUT2D eigenvalue weighted by molar-refractivity contribution is -0.154. The maximum atomic E-state index is 12.5. The van der Waals surface area contributed by atoms with Gasteiger partial charge in [0, 0.05) is 12.3 Å². The van der Waals surface area contributed by atoms with E-state index in [0.29, 0.717) is 12.8 Å². The number of esters is 1. The number of fused-ring (bicyclic) bond motifs is 3. The summed E-state index contributed by atoms with van der Waals surface area (Å²) in [7, 11) is 0. The van der Waals surface area contributed by atoms with Gasteiger partial charge in [0.1, 0.15) is 12.2 Å². The summed E-state index contributed by atoms with van der Waals surface area (Å²) in [4.78, 5) is 34.4. The second kappa shape index (κ2) is 10.5. The molecule has 0 aromatic heterocycles. The zero-order valence-electron chi connectivity index (χ0n) is 19.7. The molecule has 8 heteroatoms. The molecule has 0 heterocycles. The van der Waals surface area contributed by atoms with Gasteiger partial charge in [-0.25, -0.2) is 9.59 Å². The number of unbranched alkanes of at least 4 members (excludes halogenated alkanes) is 1. The van der Waals surface area contributed by atoms with E-state index in [2.05, 4.69) is 17.9 Å². The quantitative estimate of drug-likeness (QED) is 0.197. The highest BCUT2D eigenvalue weighted by Gasteiger charge is 2.37. The molecule has 0 aliphatic heterocycles. The standard InChI is InChI=1S/C26H31NO6S/c1-25(2,3)33-22(28)14-8-9-15-26(34,23(29)30)27-24(31)32-16-21-19-12-6-4-10-17(19)18-11-5-7-13-20(18)21/h4-7,10-13,21,34H,8-9,14-16H2,1-3H3,(H,27,31)(H,29,30)/t26-/m1/s1. The number of benzene rings is 2. The average molecular weight is 486 g/mol. The third kappa shape index (κ3) is 6.32. The van der Waals surface area contributed by atoms with E-state index in [0.717, 1.165) is 22.3 Å². The van der Waals surface area contributed by atoms with Crippen LogP contribution in [-0.2, 0) is 19.1 Å². The fraction of sp³-hybridized carbons (Fsp3) is 0.423. The molecule has 2 N–H and O–H groups in total. The van der Waals surface area contributed by atoms with Crippen molar-refractivity contribution in [3.8, 4) is 11.1 Å². The number of amides is 1. The number of carboxylic acid groups (broad SMARTS) is 1. The molecule has 34 heavy (non-hydrogen) atoms. The number of alkyl carbamates (subject to hydrolysis) is 1. The van der Waals surface area contributed by atoms with Gasteiger partial charge in [-0.2, -0.15) is 0 Å². The molecule has 0 radical (unpaired) electrons. The lowest BCUT2D eigenvalue weighted by atomic mass is 9.98. The Morgan fingerprint density at radius 2 is 1.53 bits per heavy atom. The molecule has 7 nitrogen and oxygen atoms in total. The topological polar surface area (TPSA) is 102 Å². The fourth-order valence-electron chi connectivity index (χ4n) is 4.07. The summed E-state index contributed by atoms with van der Waals surface area (Å²) < 4.78 is 10.7. The van der Waals surface area contributed by atoms with Crippen molar-refractivity contribution in [1.29, 1.82) is 0 Å². The summed E-state index contributed by atoms with van der Waals surface area (Å²) >= 11 is 4.21. The number of thiol groups is 1. The van der Waals surface area contributed by atoms with Crippen LogP contribution in [0.1, 0.15) is 63.5 Å². The van der Waals surface area contributed by atoms with Crippen molar-refractivity contribution in [1.82, 2.24) is 5.32 Å². The monoisotopic (exact) mass is 485 g/mol. The second-order valence-electron chi connectivity index (χ2n) is 9.41. The van der Waals surface area contributed by atoms with E-state index in [-0.39, 0.29) is 31.3 Å². The lowest BCUT2D eigenvalue weighted by Crippen LogP contribution is -2.50. The highest BCUT2D eigenvalue weighted by atomic mass is 32.1. The van der Waals surface area contributed by atoms with Gasteiger partial charge in [0.15, 0.2) is 4.87 Å². The zero-order valence-corrected chi connectivity index (χ0v) is 20.6. The van der Waals surface area contributed by atoms with E-state index in [1.54, 1.807) is 20.8 Å². The molecule has 1 amide bonds. The molecule has 0 unspecified atom stereocenters. The Balaban J connectivity index is 1.55. The molecular formula is C26H31NO6S.